The van der Waals surface area contributed by atoms with Crippen molar-refractivity contribution in [3.8, 4) is 0 Å². The van der Waals surface area contributed by atoms with E-state index in [4.69, 9.17) is 11.6 Å². The first-order valence-corrected chi connectivity index (χ1v) is 11.0. The standard InChI is InChI=1S/C23H25ClN4O4/c1-12(2)19(20-16(24)4-3-9-25-20)27-21(30)13-5-6-15-14(10-13)11-28(23(15)32)17-7-8-18(29)26-22(17)31/h3-6,9-10,12,17,19,23,32H,7-8,11H2,1-2H3,(H,27,30)(H,26,29,31)/t17?,19-,23?/m1/s1. The molecule has 0 saturated carbocycles. The smallest absolute Gasteiger partial charge is 0.251 e. The van der Waals surface area contributed by atoms with Gasteiger partial charge in [-0.15, -0.1) is 0 Å². The number of imide groups is 1. The van der Waals surface area contributed by atoms with E-state index in [1.165, 1.54) is 0 Å². The Bertz CT molecular complexity index is 1070. The molecule has 3 N–H and O–H groups in total. The zero-order valence-electron chi connectivity index (χ0n) is 17.8. The highest BCUT2D eigenvalue weighted by Crippen LogP contribution is 2.36. The largest absolute Gasteiger partial charge is 0.374 e. The molecule has 3 amide bonds. The van der Waals surface area contributed by atoms with Crippen LogP contribution in [0, 0.1) is 5.92 Å². The molecule has 3 atom stereocenters. The van der Waals surface area contributed by atoms with Crippen LogP contribution in [-0.4, -0.2) is 38.8 Å². The van der Waals surface area contributed by atoms with Gasteiger partial charge < -0.3 is 10.4 Å². The van der Waals surface area contributed by atoms with Gasteiger partial charge in [-0.25, -0.2) is 0 Å². The molecule has 1 aromatic heterocycles. The number of aromatic nitrogens is 1. The van der Waals surface area contributed by atoms with Crippen LogP contribution < -0.4 is 10.6 Å². The average Bonchev–Trinajstić information content (AvgIpc) is 3.08. The zero-order chi connectivity index (χ0) is 23.0. The minimum absolute atomic E-state index is 0.0608. The number of halogens is 1. The summed E-state index contributed by atoms with van der Waals surface area (Å²) in [7, 11) is 0. The number of pyridine rings is 1. The molecular formula is C23H25ClN4O4. The molecule has 0 spiro atoms. The van der Waals surface area contributed by atoms with E-state index in [-0.39, 0.29) is 30.2 Å². The van der Waals surface area contributed by atoms with Crippen LogP contribution in [-0.2, 0) is 16.1 Å². The lowest BCUT2D eigenvalue weighted by atomic mass is 9.99. The van der Waals surface area contributed by atoms with Gasteiger partial charge in [0.15, 0.2) is 0 Å². The number of aliphatic hydroxyl groups excluding tert-OH is 1. The Balaban J connectivity index is 1.53. The molecule has 8 nitrogen and oxygen atoms in total. The predicted octanol–water partition coefficient (Wildman–Crippen LogP) is 2.47. The Hall–Kier alpha value is -2.81. The van der Waals surface area contributed by atoms with E-state index >= 15 is 0 Å². The second-order valence-corrected chi connectivity index (χ2v) is 8.90. The van der Waals surface area contributed by atoms with Gasteiger partial charge in [-0.2, -0.15) is 0 Å². The summed E-state index contributed by atoms with van der Waals surface area (Å²) in [5, 5.41) is 16.6. The predicted molar refractivity (Wildman–Crippen MR) is 117 cm³/mol. The number of carbonyl (C=O) groups is 3. The molecule has 2 aliphatic heterocycles. The molecule has 1 aromatic carbocycles. The van der Waals surface area contributed by atoms with Gasteiger partial charge in [0.2, 0.25) is 11.8 Å². The Kier molecular flexibility index (Phi) is 6.28. The number of amides is 3. The van der Waals surface area contributed by atoms with E-state index in [0.717, 1.165) is 5.56 Å². The highest BCUT2D eigenvalue weighted by atomic mass is 35.5. The molecule has 2 aromatic rings. The third kappa shape index (κ3) is 4.26. The van der Waals surface area contributed by atoms with Crippen molar-refractivity contribution < 1.29 is 19.5 Å². The third-order valence-electron chi connectivity index (χ3n) is 6.00. The number of benzene rings is 1. The number of hydrogen-bond acceptors (Lipinski definition) is 6. The fraction of sp³-hybridized carbons (Fsp3) is 0.391. The van der Waals surface area contributed by atoms with Gasteiger partial charge in [0.1, 0.15) is 6.23 Å². The normalized spacial score (nSPS) is 21.9. The Morgan fingerprint density at radius 2 is 2.09 bits per heavy atom. The topological polar surface area (TPSA) is 112 Å². The van der Waals surface area contributed by atoms with Crippen LogP contribution in [0.3, 0.4) is 0 Å². The fourth-order valence-corrected chi connectivity index (χ4v) is 4.52. The molecule has 0 aliphatic carbocycles. The molecule has 2 aliphatic rings. The molecule has 2 unspecified atom stereocenters. The molecular weight excluding hydrogens is 432 g/mol. The van der Waals surface area contributed by atoms with Crippen molar-refractivity contribution in [3.63, 3.8) is 0 Å². The second kappa shape index (κ2) is 8.97. The van der Waals surface area contributed by atoms with Crippen LogP contribution in [0.2, 0.25) is 5.02 Å². The van der Waals surface area contributed by atoms with E-state index in [1.807, 2.05) is 13.8 Å². The minimum Gasteiger partial charge on any atom is -0.374 e. The summed E-state index contributed by atoms with van der Waals surface area (Å²) in [5.41, 5.74) is 2.48. The first-order chi connectivity index (χ1) is 15.3. The summed E-state index contributed by atoms with van der Waals surface area (Å²) in [6, 6.07) is 7.62. The molecule has 32 heavy (non-hydrogen) atoms. The number of nitrogens with zero attached hydrogens (tertiary/aromatic N) is 2. The van der Waals surface area contributed by atoms with E-state index < -0.39 is 18.2 Å². The molecule has 1 saturated heterocycles. The lowest BCUT2D eigenvalue weighted by molar-refractivity contribution is -0.141. The Labute approximate surface area is 191 Å². The van der Waals surface area contributed by atoms with Gasteiger partial charge in [-0.3, -0.25) is 29.6 Å². The highest BCUT2D eigenvalue weighted by Gasteiger charge is 2.40. The fourth-order valence-electron chi connectivity index (χ4n) is 4.28. The van der Waals surface area contributed by atoms with E-state index in [9.17, 15) is 19.5 Å². The van der Waals surface area contributed by atoms with Gasteiger partial charge in [0.25, 0.3) is 5.91 Å². The summed E-state index contributed by atoms with van der Waals surface area (Å²) in [4.78, 5) is 42.7. The van der Waals surface area contributed by atoms with Crippen molar-refractivity contribution >= 4 is 29.3 Å². The van der Waals surface area contributed by atoms with Crippen LogP contribution in [0.4, 0.5) is 0 Å². The van der Waals surface area contributed by atoms with Gasteiger partial charge in [0, 0.05) is 24.7 Å². The average molecular weight is 457 g/mol. The van der Waals surface area contributed by atoms with Gasteiger partial charge >= 0.3 is 0 Å². The number of fused-ring (bicyclic) bond motifs is 1. The van der Waals surface area contributed by atoms with Crippen molar-refractivity contribution in [2.24, 2.45) is 5.92 Å². The second-order valence-electron chi connectivity index (χ2n) is 8.49. The Morgan fingerprint density at radius 3 is 2.78 bits per heavy atom. The summed E-state index contributed by atoms with van der Waals surface area (Å²) >= 11 is 6.30. The van der Waals surface area contributed by atoms with Crippen molar-refractivity contribution in [2.75, 3.05) is 0 Å². The molecule has 4 rings (SSSR count). The lowest BCUT2D eigenvalue weighted by Crippen LogP contribution is -2.51. The van der Waals surface area contributed by atoms with Crippen LogP contribution in [0.1, 0.15) is 66.1 Å². The number of aliphatic hydroxyl groups is 1. The van der Waals surface area contributed by atoms with Crippen molar-refractivity contribution in [2.45, 2.75) is 51.5 Å². The number of hydrogen-bond donors (Lipinski definition) is 3. The van der Waals surface area contributed by atoms with E-state index in [0.29, 0.717) is 34.8 Å². The molecule has 0 radical (unpaired) electrons. The number of piperidine rings is 1. The molecule has 168 valence electrons. The van der Waals surface area contributed by atoms with Crippen LogP contribution in [0.5, 0.6) is 0 Å². The highest BCUT2D eigenvalue weighted by molar-refractivity contribution is 6.31. The molecule has 0 bridgehead atoms. The number of rotatable bonds is 5. The molecule has 1 fully saturated rings. The van der Waals surface area contributed by atoms with Crippen LogP contribution in [0.25, 0.3) is 0 Å². The van der Waals surface area contributed by atoms with Gasteiger partial charge in [-0.05, 0) is 47.7 Å². The minimum atomic E-state index is -0.971. The van der Waals surface area contributed by atoms with Crippen molar-refractivity contribution in [3.05, 3.63) is 63.9 Å². The van der Waals surface area contributed by atoms with Gasteiger partial charge in [0.05, 0.1) is 22.8 Å². The number of nitrogens with one attached hydrogen (secondary N) is 2. The summed E-state index contributed by atoms with van der Waals surface area (Å²) in [6.07, 6.45) is 1.25. The zero-order valence-corrected chi connectivity index (χ0v) is 18.6. The Morgan fingerprint density at radius 1 is 1.31 bits per heavy atom. The van der Waals surface area contributed by atoms with Crippen molar-refractivity contribution in [1.82, 2.24) is 20.5 Å². The maximum absolute atomic E-state index is 13.0. The van der Waals surface area contributed by atoms with E-state index in [2.05, 4.69) is 15.6 Å². The third-order valence-corrected chi connectivity index (χ3v) is 6.32. The number of carbonyl (C=O) groups excluding carboxylic acids is 3. The van der Waals surface area contributed by atoms with Crippen LogP contribution >= 0.6 is 11.6 Å². The lowest BCUT2D eigenvalue weighted by Gasteiger charge is -2.31. The van der Waals surface area contributed by atoms with E-state index in [1.54, 1.807) is 41.4 Å². The first kappa shape index (κ1) is 22.4. The summed E-state index contributed by atoms with van der Waals surface area (Å²) in [6.45, 7) is 4.27. The monoisotopic (exact) mass is 456 g/mol. The quantitative estimate of drug-likeness (QED) is 0.596. The molecule has 3 heterocycles. The SMILES string of the molecule is CC(C)[C@@H](NC(=O)c1ccc2c(c1)CN(C1CCC(=O)NC1=O)C2O)c1ncccc1Cl. The molecule has 9 heteroatoms. The first-order valence-electron chi connectivity index (χ1n) is 10.6. The van der Waals surface area contributed by atoms with Crippen molar-refractivity contribution in [1.29, 1.82) is 0 Å². The maximum atomic E-state index is 13.0. The maximum Gasteiger partial charge on any atom is 0.251 e. The summed E-state index contributed by atoms with van der Waals surface area (Å²) < 4.78 is 0. The summed E-state index contributed by atoms with van der Waals surface area (Å²) in [5.74, 6) is -0.921. The van der Waals surface area contributed by atoms with Crippen LogP contribution in [0.15, 0.2) is 36.5 Å². The van der Waals surface area contributed by atoms with Gasteiger partial charge in [-0.1, -0.05) is 31.5 Å².